The Balaban J connectivity index is 1.84. The molecule has 2 aliphatic heterocycles. The number of pyridine rings is 1. The molecule has 0 aliphatic carbocycles. The summed E-state index contributed by atoms with van der Waals surface area (Å²) in [6, 6.07) is 4.53. The summed E-state index contributed by atoms with van der Waals surface area (Å²) in [5, 5.41) is 0. The van der Waals surface area contributed by atoms with Gasteiger partial charge in [-0.2, -0.15) is 0 Å². The molecular formula is C18H27N5. The van der Waals surface area contributed by atoms with Crippen molar-refractivity contribution in [2.45, 2.75) is 50.7 Å². The van der Waals surface area contributed by atoms with Crippen molar-refractivity contribution in [3.8, 4) is 0 Å². The molecule has 0 radical (unpaired) electrons. The van der Waals surface area contributed by atoms with E-state index in [4.69, 9.17) is 4.98 Å². The highest BCUT2D eigenvalue weighted by atomic mass is 15.3. The first-order valence-corrected chi connectivity index (χ1v) is 8.99. The van der Waals surface area contributed by atoms with Crippen molar-refractivity contribution in [1.29, 1.82) is 0 Å². The molecule has 0 bridgehead atoms. The lowest BCUT2D eigenvalue weighted by molar-refractivity contribution is 0.112. The van der Waals surface area contributed by atoms with Gasteiger partial charge >= 0.3 is 0 Å². The summed E-state index contributed by atoms with van der Waals surface area (Å²) >= 11 is 0. The second kappa shape index (κ2) is 6.21. The van der Waals surface area contributed by atoms with Crippen LogP contribution in [-0.4, -0.2) is 51.5 Å². The fourth-order valence-electron chi connectivity index (χ4n) is 4.26. The Hall–Kier alpha value is -1.46. The molecular weight excluding hydrogens is 286 g/mol. The quantitative estimate of drug-likeness (QED) is 0.853. The Morgan fingerprint density at radius 3 is 2.57 bits per heavy atom. The maximum Gasteiger partial charge on any atom is 0.161 e. The van der Waals surface area contributed by atoms with Gasteiger partial charge in [-0.3, -0.25) is 14.4 Å². The van der Waals surface area contributed by atoms with E-state index in [1.54, 1.807) is 0 Å². The lowest BCUT2D eigenvalue weighted by Gasteiger charge is -2.37. The number of imidazole rings is 1. The van der Waals surface area contributed by atoms with Crippen LogP contribution in [0.1, 0.15) is 56.6 Å². The van der Waals surface area contributed by atoms with Gasteiger partial charge in [0.25, 0.3) is 0 Å². The molecule has 124 valence electrons. The highest BCUT2D eigenvalue weighted by Crippen LogP contribution is 2.35. The maximum atomic E-state index is 5.03. The van der Waals surface area contributed by atoms with Crippen molar-refractivity contribution >= 4 is 11.2 Å². The van der Waals surface area contributed by atoms with Crippen LogP contribution in [0, 0.1) is 0 Å². The number of likely N-dealkylation sites (tertiary alicyclic amines) is 2. The van der Waals surface area contributed by atoms with Crippen LogP contribution in [0.25, 0.3) is 11.2 Å². The normalized spacial score (nSPS) is 27.6. The molecule has 2 aromatic rings. The minimum Gasteiger partial charge on any atom is -0.297 e. The third-order valence-electron chi connectivity index (χ3n) is 5.57. The van der Waals surface area contributed by atoms with Crippen molar-refractivity contribution in [2.75, 3.05) is 27.2 Å². The molecule has 0 amide bonds. The van der Waals surface area contributed by atoms with Crippen molar-refractivity contribution in [2.24, 2.45) is 0 Å². The SMILES string of the molecule is CN1CCCCC1c1nc2cccnc2n1C1CCCCN1C. The Morgan fingerprint density at radius 2 is 1.78 bits per heavy atom. The molecule has 2 saturated heterocycles. The van der Waals surface area contributed by atoms with Crippen LogP contribution >= 0.6 is 0 Å². The minimum absolute atomic E-state index is 0.397. The number of nitrogens with zero attached hydrogens (tertiary/aromatic N) is 5. The largest absolute Gasteiger partial charge is 0.297 e. The van der Waals surface area contributed by atoms with Crippen molar-refractivity contribution in [3.05, 3.63) is 24.2 Å². The first-order valence-electron chi connectivity index (χ1n) is 8.99. The number of aromatic nitrogens is 3. The van der Waals surface area contributed by atoms with Crippen molar-refractivity contribution in [3.63, 3.8) is 0 Å². The molecule has 2 unspecified atom stereocenters. The third kappa shape index (κ3) is 2.66. The van der Waals surface area contributed by atoms with Crippen LogP contribution in [0.2, 0.25) is 0 Å². The number of fused-ring (bicyclic) bond motifs is 1. The molecule has 0 N–H and O–H groups in total. The van der Waals surface area contributed by atoms with E-state index in [9.17, 15) is 0 Å². The van der Waals surface area contributed by atoms with Crippen LogP contribution in [-0.2, 0) is 0 Å². The molecule has 4 rings (SSSR count). The Kier molecular flexibility index (Phi) is 4.07. The first kappa shape index (κ1) is 15.1. The summed E-state index contributed by atoms with van der Waals surface area (Å²) in [5.74, 6) is 1.22. The minimum atomic E-state index is 0.397. The van der Waals surface area contributed by atoms with Gasteiger partial charge < -0.3 is 0 Å². The first-order chi connectivity index (χ1) is 11.3. The highest BCUT2D eigenvalue weighted by molar-refractivity contribution is 5.71. The van der Waals surface area contributed by atoms with E-state index in [1.807, 2.05) is 12.3 Å². The molecule has 0 saturated carbocycles. The molecule has 5 nitrogen and oxygen atoms in total. The third-order valence-corrected chi connectivity index (χ3v) is 5.57. The van der Waals surface area contributed by atoms with E-state index in [0.29, 0.717) is 12.2 Å². The highest BCUT2D eigenvalue weighted by Gasteiger charge is 2.31. The number of hydrogen-bond acceptors (Lipinski definition) is 4. The van der Waals surface area contributed by atoms with E-state index in [-0.39, 0.29) is 0 Å². The van der Waals surface area contributed by atoms with Crippen LogP contribution in [0.3, 0.4) is 0 Å². The molecule has 23 heavy (non-hydrogen) atoms. The number of rotatable bonds is 2. The van der Waals surface area contributed by atoms with Gasteiger partial charge in [0.1, 0.15) is 11.3 Å². The van der Waals surface area contributed by atoms with Crippen LogP contribution in [0.4, 0.5) is 0 Å². The molecule has 5 heteroatoms. The van der Waals surface area contributed by atoms with Gasteiger partial charge in [0.05, 0.1) is 12.2 Å². The molecule has 0 spiro atoms. The fraction of sp³-hybridized carbons (Fsp3) is 0.667. The van der Waals surface area contributed by atoms with E-state index in [0.717, 1.165) is 17.7 Å². The predicted octanol–water partition coefficient (Wildman–Crippen LogP) is 3.20. The molecule has 4 heterocycles. The monoisotopic (exact) mass is 313 g/mol. The molecule has 2 aliphatic rings. The molecule has 2 fully saturated rings. The second-order valence-electron chi connectivity index (χ2n) is 7.14. The maximum absolute atomic E-state index is 5.03. The lowest BCUT2D eigenvalue weighted by atomic mass is 10.0. The fourth-order valence-corrected chi connectivity index (χ4v) is 4.26. The van der Waals surface area contributed by atoms with Crippen LogP contribution < -0.4 is 0 Å². The average Bonchev–Trinajstić information content (AvgIpc) is 2.95. The average molecular weight is 313 g/mol. The van der Waals surface area contributed by atoms with Crippen molar-refractivity contribution < 1.29 is 0 Å². The van der Waals surface area contributed by atoms with Gasteiger partial charge in [-0.25, -0.2) is 9.97 Å². The van der Waals surface area contributed by atoms with Crippen molar-refractivity contribution in [1.82, 2.24) is 24.3 Å². The van der Waals surface area contributed by atoms with E-state index in [2.05, 4.69) is 39.5 Å². The Labute approximate surface area is 138 Å². The zero-order valence-corrected chi connectivity index (χ0v) is 14.3. The summed E-state index contributed by atoms with van der Waals surface area (Å²) in [7, 11) is 4.48. The summed E-state index contributed by atoms with van der Waals surface area (Å²) in [4.78, 5) is 14.7. The summed E-state index contributed by atoms with van der Waals surface area (Å²) in [5.41, 5.74) is 2.10. The zero-order chi connectivity index (χ0) is 15.8. The Morgan fingerprint density at radius 1 is 1.00 bits per heavy atom. The van der Waals surface area contributed by atoms with E-state index < -0.39 is 0 Å². The van der Waals surface area contributed by atoms with Gasteiger partial charge in [-0.1, -0.05) is 6.42 Å². The van der Waals surface area contributed by atoms with Crippen LogP contribution in [0.5, 0.6) is 0 Å². The summed E-state index contributed by atoms with van der Waals surface area (Å²) in [6.07, 6.45) is 9.89. The topological polar surface area (TPSA) is 37.2 Å². The number of piperidine rings is 2. The summed E-state index contributed by atoms with van der Waals surface area (Å²) in [6.45, 7) is 2.33. The smallest absolute Gasteiger partial charge is 0.161 e. The molecule has 2 aromatic heterocycles. The van der Waals surface area contributed by atoms with Gasteiger partial charge in [0.2, 0.25) is 0 Å². The summed E-state index contributed by atoms with van der Waals surface area (Å²) < 4.78 is 2.45. The van der Waals surface area contributed by atoms with Gasteiger partial charge in [0, 0.05) is 6.20 Å². The Bertz CT molecular complexity index is 679. The lowest BCUT2D eigenvalue weighted by Crippen LogP contribution is -2.37. The molecule has 2 atom stereocenters. The number of hydrogen-bond donors (Lipinski definition) is 0. The zero-order valence-electron chi connectivity index (χ0n) is 14.3. The van der Waals surface area contributed by atoms with E-state index >= 15 is 0 Å². The van der Waals surface area contributed by atoms with Crippen LogP contribution in [0.15, 0.2) is 18.3 Å². The van der Waals surface area contributed by atoms with Gasteiger partial charge in [0.15, 0.2) is 5.65 Å². The van der Waals surface area contributed by atoms with E-state index in [1.165, 1.54) is 50.9 Å². The standard InChI is InChI=1S/C18H27N5/c1-21-12-5-3-9-15(21)18-20-14-8-7-11-19-17(14)23(18)16-10-4-6-13-22(16)2/h7-8,11,15-16H,3-6,9-10,12-13H2,1-2H3. The second-order valence-corrected chi connectivity index (χ2v) is 7.14. The molecule has 0 aromatic carbocycles. The van der Waals surface area contributed by atoms with Gasteiger partial charge in [-0.05, 0) is 71.4 Å². The van der Waals surface area contributed by atoms with Gasteiger partial charge in [-0.15, -0.1) is 0 Å². The predicted molar refractivity (Wildman–Crippen MR) is 92.3 cm³/mol.